The van der Waals surface area contributed by atoms with Gasteiger partial charge in [0.05, 0.1) is 30.7 Å². The van der Waals surface area contributed by atoms with Gasteiger partial charge >= 0.3 is 0 Å². The number of nitrogens with zero attached hydrogens (tertiary/aromatic N) is 5. The van der Waals surface area contributed by atoms with Crippen molar-refractivity contribution in [3.05, 3.63) is 65.2 Å². The van der Waals surface area contributed by atoms with Crippen LogP contribution in [-0.2, 0) is 19.6 Å². The molecule has 0 unspecified atom stereocenters. The number of hydrogen-bond donors (Lipinski definition) is 1. The Morgan fingerprint density at radius 1 is 1.23 bits per heavy atom. The molecule has 8 heteroatoms. The quantitative estimate of drug-likeness (QED) is 0.653. The maximum Gasteiger partial charge on any atom is 0.173 e. The van der Waals surface area contributed by atoms with Gasteiger partial charge in [-0.1, -0.05) is 23.7 Å². The lowest BCUT2D eigenvalue weighted by atomic mass is 10.2. The highest BCUT2D eigenvalue weighted by Crippen LogP contribution is 2.13. The van der Waals surface area contributed by atoms with Gasteiger partial charge in [0.15, 0.2) is 5.11 Å². The Bertz CT molecular complexity index is 870. The van der Waals surface area contributed by atoms with E-state index in [0.717, 1.165) is 28.5 Å². The van der Waals surface area contributed by atoms with E-state index in [1.54, 1.807) is 6.20 Å². The molecule has 6 nitrogen and oxygen atoms in total. The predicted octanol–water partition coefficient (Wildman–Crippen LogP) is 3.63. The van der Waals surface area contributed by atoms with Crippen molar-refractivity contribution in [2.24, 2.45) is 0 Å². The third kappa shape index (κ3) is 4.83. The van der Waals surface area contributed by atoms with Crippen molar-refractivity contribution in [3.63, 3.8) is 0 Å². The smallest absolute Gasteiger partial charge is 0.173 e. The Labute approximate surface area is 163 Å². The van der Waals surface area contributed by atoms with Crippen LogP contribution in [0.1, 0.15) is 18.2 Å². The number of aromatic nitrogens is 4. The number of nitrogens with one attached hydrogen (secondary N) is 1. The first-order chi connectivity index (χ1) is 12.5. The summed E-state index contributed by atoms with van der Waals surface area (Å²) in [6, 6.07) is 9.75. The Balaban J connectivity index is 1.55. The molecule has 0 bridgehead atoms. The average molecular weight is 389 g/mol. The van der Waals surface area contributed by atoms with Crippen molar-refractivity contribution in [2.45, 2.75) is 26.6 Å². The van der Waals surface area contributed by atoms with E-state index in [1.165, 1.54) is 0 Å². The zero-order chi connectivity index (χ0) is 18.5. The topological polar surface area (TPSA) is 50.9 Å². The van der Waals surface area contributed by atoms with Crippen molar-refractivity contribution in [1.29, 1.82) is 0 Å². The summed E-state index contributed by atoms with van der Waals surface area (Å²) >= 11 is 11.4. The highest BCUT2D eigenvalue weighted by atomic mass is 35.5. The van der Waals surface area contributed by atoms with Crippen molar-refractivity contribution in [3.8, 4) is 0 Å². The Morgan fingerprint density at radius 2 is 2.00 bits per heavy atom. The van der Waals surface area contributed by atoms with Gasteiger partial charge < -0.3 is 10.2 Å². The largest absolute Gasteiger partial charge is 0.346 e. The monoisotopic (exact) mass is 388 g/mol. The summed E-state index contributed by atoms with van der Waals surface area (Å²) in [5.74, 6) is 0. The van der Waals surface area contributed by atoms with Crippen LogP contribution < -0.4 is 5.32 Å². The maximum absolute atomic E-state index is 5.92. The van der Waals surface area contributed by atoms with E-state index in [4.69, 9.17) is 23.8 Å². The lowest BCUT2D eigenvalue weighted by Gasteiger charge is -2.19. The van der Waals surface area contributed by atoms with Gasteiger partial charge in [0.2, 0.25) is 0 Å². The van der Waals surface area contributed by atoms with Crippen LogP contribution in [0.4, 0.5) is 5.69 Å². The number of rotatable bonds is 6. The number of benzene rings is 1. The van der Waals surface area contributed by atoms with Crippen molar-refractivity contribution in [1.82, 2.24) is 24.5 Å². The average Bonchev–Trinajstić information content (AvgIpc) is 3.26. The van der Waals surface area contributed by atoms with Gasteiger partial charge in [0, 0.05) is 31.0 Å². The third-order valence-corrected chi connectivity index (χ3v) is 4.57. The van der Waals surface area contributed by atoms with Crippen molar-refractivity contribution >= 4 is 34.6 Å². The number of halogens is 1. The number of anilines is 1. The van der Waals surface area contributed by atoms with Crippen LogP contribution in [0, 0.1) is 0 Å². The van der Waals surface area contributed by atoms with E-state index < -0.39 is 0 Å². The van der Waals surface area contributed by atoms with Crippen LogP contribution in [0.25, 0.3) is 0 Å². The normalized spacial score (nSPS) is 10.7. The highest BCUT2D eigenvalue weighted by Gasteiger charge is 2.09. The molecule has 0 aliphatic heterocycles. The van der Waals surface area contributed by atoms with E-state index in [0.29, 0.717) is 18.2 Å². The van der Waals surface area contributed by atoms with E-state index in [2.05, 4.69) is 22.4 Å². The molecule has 0 saturated heterocycles. The van der Waals surface area contributed by atoms with Crippen LogP contribution in [0.3, 0.4) is 0 Å². The minimum atomic E-state index is 0.627. The molecule has 0 atom stereocenters. The zero-order valence-corrected chi connectivity index (χ0v) is 16.3. The minimum absolute atomic E-state index is 0.627. The summed E-state index contributed by atoms with van der Waals surface area (Å²) in [6.45, 7) is 4.25. The van der Waals surface area contributed by atoms with Crippen molar-refractivity contribution < 1.29 is 0 Å². The Morgan fingerprint density at radius 3 is 2.69 bits per heavy atom. The molecule has 136 valence electrons. The van der Waals surface area contributed by atoms with Crippen LogP contribution in [0.15, 0.2) is 48.9 Å². The van der Waals surface area contributed by atoms with Crippen molar-refractivity contribution in [2.75, 3.05) is 12.4 Å². The Hall–Kier alpha value is -2.38. The first kappa shape index (κ1) is 18.4. The predicted molar refractivity (Wildman–Crippen MR) is 108 cm³/mol. The van der Waals surface area contributed by atoms with Crippen LogP contribution in [0.5, 0.6) is 0 Å². The van der Waals surface area contributed by atoms with Gasteiger partial charge in [0.25, 0.3) is 0 Å². The molecule has 0 fully saturated rings. The molecule has 0 saturated carbocycles. The fraction of sp³-hybridized carbons (Fsp3) is 0.278. The molecule has 0 radical (unpaired) electrons. The molecule has 0 aliphatic rings. The molecule has 0 aliphatic carbocycles. The molecule has 1 N–H and O–H groups in total. The third-order valence-electron chi connectivity index (χ3n) is 3.91. The summed E-state index contributed by atoms with van der Waals surface area (Å²) < 4.78 is 3.76. The first-order valence-corrected chi connectivity index (χ1v) is 9.13. The second-order valence-corrected chi connectivity index (χ2v) is 6.83. The van der Waals surface area contributed by atoms with Crippen LogP contribution >= 0.6 is 23.8 Å². The second kappa shape index (κ2) is 8.33. The molecule has 2 aromatic heterocycles. The molecule has 0 spiro atoms. The molecule has 2 heterocycles. The fourth-order valence-electron chi connectivity index (χ4n) is 2.49. The maximum atomic E-state index is 5.92. The lowest BCUT2D eigenvalue weighted by Crippen LogP contribution is -2.30. The van der Waals surface area contributed by atoms with E-state index in [1.807, 2.05) is 64.0 Å². The molecule has 26 heavy (non-hydrogen) atoms. The minimum Gasteiger partial charge on any atom is -0.346 e. The summed E-state index contributed by atoms with van der Waals surface area (Å²) in [5.41, 5.74) is 2.97. The molecular weight excluding hydrogens is 368 g/mol. The summed E-state index contributed by atoms with van der Waals surface area (Å²) in [4.78, 5) is 1.95. The second-order valence-electron chi connectivity index (χ2n) is 6.00. The molecule has 1 aromatic carbocycles. The van der Waals surface area contributed by atoms with Crippen LogP contribution in [0.2, 0.25) is 5.02 Å². The highest BCUT2D eigenvalue weighted by molar-refractivity contribution is 7.80. The van der Waals surface area contributed by atoms with E-state index in [-0.39, 0.29) is 0 Å². The lowest BCUT2D eigenvalue weighted by molar-refractivity contribution is 0.492. The van der Waals surface area contributed by atoms with Gasteiger partial charge in [-0.05, 0) is 42.9 Å². The number of aryl methyl sites for hydroxylation is 1. The standard InChI is InChI=1S/C18H21ClN6S/c1-3-24-9-8-16(22-24)12-23(2)18(26)21-17-10-20-25(13-17)11-14-4-6-15(19)7-5-14/h4-10,13H,3,11-12H2,1-2H3,(H,21,26). The zero-order valence-electron chi connectivity index (χ0n) is 14.8. The van der Waals surface area contributed by atoms with E-state index in [9.17, 15) is 0 Å². The summed E-state index contributed by atoms with van der Waals surface area (Å²) in [7, 11) is 1.94. The van der Waals surface area contributed by atoms with Gasteiger partial charge in [-0.25, -0.2) is 0 Å². The summed E-state index contributed by atoms with van der Waals surface area (Å²) in [5, 5.41) is 13.4. The molecular formula is C18H21ClN6S. The van der Waals surface area contributed by atoms with Gasteiger partial charge in [-0.3, -0.25) is 9.36 Å². The molecule has 3 rings (SSSR count). The molecule has 0 amide bonds. The first-order valence-electron chi connectivity index (χ1n) is 8.35. The summed E-state index contributed by atoms with van der Waals surface area (Å²) in [6.07, 6.45) is 5.67. The SMILES string of the molecule is CCn1ccc(CN(C)C(=S)Nc2cnn(Cc3ccc(Cl)cc3)c2)n1. The van der Waals surface area contributed by atoms with E-state index >= 15 is 0 Å². The Kier molecular flexibility index (Phi) is 5.90. The van der Waals surface area contributed by atoms with Gasteiger partial charge in [0.1, 0.15) is 0 Å². The van der Waals surface area contributed by atoms with Crippen LogP contribution in [-0.4, -0.2) is 36.6 Å². The molecule has 3 aromatic rings. The number of thiocarbonyl (C=S) groups is 1. The number of hydrogen-bond acceptors (Lipinski definition) is 3. The van der Waals surface area contributed by atoms with Gasteiger partial charge in [-0.2, -0.15) is 10.2 Å². The van der Waals surface area contributed by atoms with Gasteiger partial charge in [-0.15, -0.1) is 0 Å². The fourth-order valence-corrected chi connectivity index (χ4v) is 2.80.